The van der Waals surface area contributed by atoms with E-state index in [9.17, 15) is 0 Å². The lowest BCUT2D eigenvalue weighted by Crippen LogP contribution is -2.54. The van der Waals surface area contributed by atoms with E-state index in [4.69, 9.17) is 0 Å². The Morgan fingerprint density at radius 2 is 2.10 bits per heavy atom. The van der Waals surface area contributed by atoms with Crippen molar-refractivity contribution < 1.29 is 0 Å². The molecule has 2 saturated heterocycles. The molecule has 4 heteroatoms. The molecule has 3 rings (SSSR count). The Bertz CT molecular complexity index is 420. The van der Waals surface area contributed by atoms with Crippen LogP contribution < -0.4 is 5.32 Å². The first-order valence-corrected chi connectivity index (χ1v) is 10.3. The van der Waals surface area contributed by atoms with Crippen molar-refractivity contribution in [2.45, 2.75) is 30.7 Å². The summed E-state index contributed by atoms with van der Waals surface area (Å²) in [5.74, 6) is 4.01. The number of nitrogens with one attached hydrogen (secondary N) is 1. The van der Waals surface area contributed by atoms with Crippen molar-refractivity contribution in [1.82, 2.24) is 10.2 Å². The number of rotatable bonds is 4. The van der Waals surface area contributed by atoms with Gasteiger partial charge in [-0.15, -0.1) is 0 Å². The van der Waals surface area contributed by atoms with Crippen molar-refractivity contribution in [1.29, 1.82) is 0 Å². The van der Waals surface area contributed by atoms with Gasteiger partial charge in [0, 0.05) is 54.2 Å². The molecular weight excluding hydrogens is 296 g/mol. The van der Waals surface area contributed by atoms with Gasteiger partial charge in [-0.1, -0.05) is 37.3 Å². The summed E-state index contributed by atoms with van der Waals surface area (Å²) in [6.07, 6.45) is 1.25. The average Bonchev–Trinajstić information content (AvgIpc) is 2.56. The molecule has 2 aliphatic rings. The fourth-order valence-corrected chi connectivity index (χ4v) is 5.99. The minimum absolute atomic E-state index is 0.496. The third-order valence-electron chi connectivity index (χ3n) is 4.53. The first kappa shape index (κ1) is 15.7. The normalized spacial score (nSPS) is 31.2. The van der Waals surface area contributed by atoms with Gasteiger partial charge in [-0.05, 0) is 12.0 Å². The summed E-state index contributed by atoms with van der Waals surface area (Å²) in [5, 5.41) is 4.58. The van der Waals surface area contributed by atoms with E-state index in [1.54, 1.807) is 0 Å². The Labute approximate surface area is 137 Å². The molecular formula is C17H26N2S2. The van der Waals surface area contributed by atoms with Gasteiger partial charge >= 0.3 is 0 Å². The second-order valence-corrected chi connectivity index (χ2v) is 8.51. The number of piperazine rings is 1. The molecule has 0 aromatic heterocycles. The van der Waals surface area contributed by atoms with Gasteiger partial charge in [0.25, 0.3) is 0 Å². The Morgan fingerprint density at radius 1 is 1.24 bits per heavy atom. The van der Waals surface area contributed by atoms with Crippen LogP contribution in [0.2, 0.25) is 0 Å². The zero-order chi connectivity index (χ0) is 14.5. The number of nitrogens with zero attached hydrogens (tertiary/aromatic N) is 1. The van der Waals surface area contributed by atoms with Crippen molar-refractivity contribution in [3.05, 3.63) is 35.9 Å². The summed E-state index contributed by atoms with van der Waals surface area (Å²) >= 11 is 4.32. The Morgan fingerprint density at radius 3 is 2.81 bits per heavy atom. The standard InChI is InChI=1S/C17H26N2S2/c1-2-15-10-18-17(14-6-4-3-5-7-14)12-19(15)11-16-13-20-8-9-21-16/h3-7,15-18H,2,8-13H2,1H3. The van der Waals surface area contributed by atoms with Crippen molar-refractivity contribution in [3.8, 4) is 0 Å². The van der Waals surface area contributed by atoms with Crippen LogP contribution in [0, 0.1) is 0 Å². The predicted molar refractivity (Wildman–Crippen MR) is 96.4 cm³/mol. The van der Waals surface area contributed by atoms with E-state index in [-0.39, 0.29) is 0 Å². The SMILES string of the molecule is CCC1CNC(c2ccccc2)CN1CC1CSCCS1. The van der Waals surface area contributed by atoms with Crippen LogP contribution >= 0.6 is 23.5 Å². The lowest BCUT2D eigenvalue weighted by atomic mass is 10.0. The van der Waals surface area contributed by atoms with Gasteiger partial charge in [-0.2, -0.15) is 23.5 Å². The van der Waals surface area contributed by atoms with Crippen LogP contribution in [-0.4, -0.2) is 53.1 Å². The second-order valence-electron chi connectivity index (χ2n) is 5.96. The lowest BCUT2D eigenvalue weighted by Gasteiger charge is -2.42. The van der Waals surface area contributed by atoms with Crippen molar-refractivity contribution in [2.24, 2.45) is 0 Å². The third-order valence-corrected chi connectivity index (χ3v) is 7.36. The zero-order valence-corrected chi connectivity index (χ0v) is 14.5. The number of benzene rings is 1. The summed E-state index contributed by atoms with van der Waals surface area (Å²) in [6.45, 7) is 5.87. The van der Waals surface area contributed by atoms with Crippen molar-refractivity contribution in [3.63, 3.8) is 0 Å². The topological polar surface area (TPSA) is 15.3 Å². The maximum absolute atomic E-state index is 3.75. The smallest absolute Gasteiger partial charge is 0.0449 e. The molecule has 0 aliphatic carbocycles. The molecule has 116 valence electrons. The quantitative estimate of drug-likeness (QED) is 0.915. The van der Waals surface area contributed by atoms with E-state index >= 15 is 0 Å². The summed E-state index contributed by atoms with van der Waals surface area (Å²) < 4.78 is 0. The van der Waals surface area contributed by atoms with Gasteiger partial charge in [-0.3, -0.25) is 4.90 Å². The summed E-state index contributed by atoms with van der Waals surface area (Å²) in [4.78, 5) is 2.75. The molecule has 0 spiro atoms. The van der Waals surface area contributed by atoms with Gasteiger partial charge in [0.05, 0.1) is 0 Å². The fraction of sp³-hybridized carbons (Fsp3) is 0.647. The van der Waals surface area contributed by atoms with E-state index < -0.39 is 0 Å². The third kappa shape index (κ3) is 4.19. The van der Waals surface area contributed by atoms with Gasteiger partial charge < -0.3 is 5.32 Å². The summed E-state index contributed by atoms with van der Waals surface area (Å²) in [7, 11) is 0. The first-order chi connectivity index (χ1) is 10.4. The molecule has 1 aromatic rings. The fourth-order valence-electron chi connectivity index (χ4n) is 3.29. The molecule has 2 fully saturated rings. The zero-order valence-electron chi connectivity index (χ0n) is 12.8. The molecule has 3 atom stereocenters. The van der Waals surface area contributed by atoms with Gasteiger partial charge in [0.15, 0.2) is 0 Å². The van der Waals surface area contributed by atoms with Gasteiger partial charge in [0.1, 0.15) is 0 Å². The molecule has 0 radical (unpaired) electrons. The Kier molecular flexibility index (Phi) is 5.92. The number of hydrogen-bond donors (Lipinski definition) is 1. The molecule has 1 N–H and O–H groups in total. The highest BCUT2D eigenvalue weighted by molar-refractivity contribution is 8.06. The van der Waals surface area contributed by atoms with E-state index in [2.05, 4.69) is 71.0 Å². The summed E-state index contributed by atoms with van der Waals surface area (Å²) in [6, 6.07) is 12.1. The van der Waals surface area contributed by atoms with Crippen molar-refractivity contribution in [2.75, 3.05) is 36.9 Å². The van der Waals surface area contributed by atoms with Gasteiger partial charge in [-0.25, -0.2) is 0 Å². The van der Waals surface area contributed by atoms with E-state index in [1.165, 1.54) is 35.8 Å². The summed E-state index contributed by atoms with van der Waals surface area (Å²) in [5.41, 5.74) is 1.43. The molecule has 21 heavy (non-hydrogen) atoms. The van der Waals surface area contributed by atoms with Crippen LogP contribution in [0.5, 0.6) is 0 Å². The number of hydrogen-bond acceptors (Lipinski definition) is 4. The molecule has 0 amide bonds. The van der Waals surface area contributed by atoms with E-state index in [0.717, 1.165) is 18.3 Å². The monoisotopic (exact) mass is 322 g/mol. The van der Waals surface area contributed by atoms with Crippen LogP contribution in [0.25, 0.3) is 0 Å². The molecule has 2 nitrogen and oxygen atoms in total. The molecule has 0 bridgehead atoms. The highest BCUT2D eigenvalue weighted by Crippen LogP contribution is 2.28. The minimum atomic E-state index is 0.496. The minimum Gasteiger partial charge on any atom is -0.307 e. The predicted octanol–water partition coefficient (Wildman–Crippen LogP) is 3.26. The molecule has 3 unspecified atom stereocenters. The van der Waals surface area contributed by atoms with Crippen LogP contribution in [0.3, 0.4) is 0 Å². The van der Waals surface area contributed by atoms with Crippen LogP contribution in [0.15, 0.2) is 30.3 Å². The maximum atomic E-state index is 3.75. The van der Waals surface area contributed by atoms with Crippen LogP contribution in [0.1, 0.15) is 24.9 Å². The first-order valence-electron chi connectivity index (χ1n) is 8.08. The van der Waals surface area contributed by atoms with Gasteiger partial charge in [0.2, 0.25) is 0 Å². The van der Waals surface area contributed by atoms with Crippen LogP contribution in [-0.2, 0) is 0 Å². The Hall–Kier alpha value is -0.160. The van der Waals surface area contributed by atoms with Crippen molar-refractivity contribution >= 4 is 23.5 Å². The second kappa shape index (κ2) is 7.91. The highest BCUT2D eigenvalue weighted by Gasteiger charge is 2.29. The average molecular weight is 323 g/mol. The molecule has 0 saturated carbocycles. The van der Waals surface area contributed by atoms with E-state index in [1.807, 2.05) is 0 Å². The Balaban J connectivity index is 1.64. The van der Waals surface area contributed by atoms with Crippen LogP contribution in [0.4, 0.5) is 0 Å². The molecule has 2 heterocycles. The number of thioether (sulfide) groups is 2. The lowest BCUT2D eigenvalue weighted by molar-refractivity contribution is 0.129. The largest absolute Gasteiger partial charge is 0.307 e. The molecule has 1 aromatic carbocycles. The van der Waals surface area contributed by atoms with E-state index in [0.29, 0.717) is 12.1 Å². The maximum Gasteiger partial charge on any atom is 0.0449 e. The highest BCUT2D eigenvalue weighted by atomic mass is 32.2. The molecule has 2 aliphatic heterocycles.